The monoisotopic (exact) mass is 305 g/mol. The molecule has 1 aliphatic heterocycles. The van der Waals surface area contributed by atoms with Crippen LogP contribution in [0.4, 0.5) is 0 Å². The Kier molecular flexibility index (Phi) is 4.05. The lowest BCUT2D eigenvalue weighted by molar-refractivity contribution is 0.0665. The van der Waals surface area contributed by atoms with Gasteiger partial charge in [-0.3, -0.25) is 4.79 Å². The molecule has 1 fully saturated rings. The summed E-state index contributed by atoms with van der Waals surface area (Å²) in [5, 5.41) is 7.06. The van der Waals surface area contributed by atoms with Gasteiger partial charge in [-0.25, -0.2) is 4.98 Å². The van der Waals surface area contributed by atoms with Crippen LogP contribution in [0.25, 0.3) is 0 Å². The molecule has 3 heterocycles. The third-order valence-corrected chi connectivity index (χ3v) is 4.88. The maximum Gasteiger partial charge on any atom is 0.292 e. The SMILES string of the molecule is CCc1csc([C@H]2CCCN(C(=O)c3cc(C)no3)C2)n1. The highest BCUT2D eigenvalue weighted by Crippen LogP contribution is 2.30. The van der Waals surface area contributed by atoms with E-state index < -0.39 is 0 Å². The molecule has 0 radical (unpaired) electrons. The predicted molar refractivity (Wildman–Crippen MR) is 80.6 cm³/mol. The van der Waals surface area contributed by atoms with Gasteiger partial charge in [-0.05, 0) is 26.2 Å². The third kappa shape index (κ3) is 3.00. The second-order valence-corrected chi connectivity index (χ2v) is 6.34. The van der Waals surface area contributed by atoms with Gasteiger partial charge in [0.05, 0.1) is 16.4 Å². The van der Waals surface area contributed by atoms with Gasteiger partial charge in [0.25, 0.3) is 5.91 Å². The Morgan fingerprint density at radius 2 is 2.43 bits per heavy atom. The third-order valence-electron chi connectivity index (χ3n) is 3.83. The van der Waals surface area contributed by atoms with Gasteiger partial charge in [-0.15, -0.1) is 11.3 Å². The number of aryl methyl sites for hydroxylation is 2. The van der Waals surface area contributed by atoms with Crippen LogP contribution >= 0.6 is 11.3 Å². The maximum absolute atomic E-state index is 12.4. The van der Waals surface area contributed by atoms with E-state index in [0.29, 0.717) is 11.7 Å². The number of thiazole rings is 1. The van der Waals surface area contributed by atoms with Crippen LogP contribution in [0, 0.1) is 6.92 Å². The standard InChI is InChI=1S/C15H19N3O2S/c1-3-12-9-21-14(16-12)11-5-4-6-18(8-11)15(19)13-7-10(2)17-20-13/h7,9,11H,3-6,8H2,1-2H3/t11-/m0/s1. The molecule has 2 aromatic rings. The van der Waals surface area contributed by atoms with E-state index in [9.17, 15) is 4.79 Å². The number of aromatic nitrogens is 2. The Morgan fingerprint density at radius 3 is 3.10 bits per heavy atom. The van der Waals surface area contributed by atoms with Crippen LogP contribution in [0.5, 0.6) is 0 Å². The van der Waals surface area contributed by atoms with Crippen LogP contribution in [0.3, 0.4) is 0 Å². The zero-order valence-corrected chi connectivity index (χ0v) is 13.2. The lowest BCUT2D eigenvalue weighted by Crippen LogP contribution is -2.39. The van der Waals surface area contributed by atoms with E-state index in [1.165, 1.54) is 0 Å². The Bertz CT molecular complexity index is 634. The van der Waals surface area contributed by atoms with Gasteiger partial charge in [-0.1, -0.05) is 12.1 Å². The molecule has 1 aliphatic rings. The predicted octanol–water partition coefficient (Wildman–Crippen LogP) is 3.02. The van der Waals surface area contributed by atoms with E-state index in [-0.39, 0.29) is 5.91 Å². The summed E-state index contributed by atoms with van der Waals surface area (Å²) in [7, 11) is 0. The summed E-state index contributed by atoms with van der Waals surface area (Å²) in [4.78, 5) is 19.0. The fraction of sp³-hybridized carbons (Fsp3) is 0.533. The van der Waals surface area contributed by atoms with E-state index in [4.69, 9.17) is 4.52 Å². The molecule has 1 amide bonds. The second kappa shape index (κ2) is 5.97. The van der Waals surface area contributed by atoms with E-state index in [0.717, 1.165) is 48.7 Å². The number of rotatable bonds is 3. The topological polar surface area (TPSA) is 59.2 Å². The molecule has 0 aromatic carbocycles. The zero-order chi connectivity index (χ0) is 14.8. The minimum atomic E-state index is -0.0624. The summed E-state index contributed by atoms with van der Waals surface area (Å²) >= 11 is 1.71. The van der Waals surface area contributed by atoms with Crippen molar-refractivity contribution in [3.05, 3.63) is 33.6 Å². The summed E-state index contributed by atoms with van der Waals surface area (Å²) < 4.78 is 5.09. The highest BCUT2D eigenvalue weighted by Gasteiger charge is 2.28. The lowest BCUT2D eigenvalue weighted by atomic mass is 9.98. The highest BCUT2D eigenvalue weighted by atomic mass is 32.1. The number of hydrogen-bond acceptors (Lipinski definition) is 5. The van der Waals surface area contributed by atoms with Crippen molar-refractivity contribution in [1.82, 2.24) is 15.0 Å². The molecule has 0 saturated carbocycles. The molecule has 1 saturated heterocycles. The van der Waals surface area contributed by atoms with E-state index in [1.54, 1.807) is 17.4 Å². The van der Waals surface area contributed by atoms with Gasteiger partial charge in [0.15, 0.2) is 0 Å². The molecule has 3 rings (SSSR count). The number of hydrogen-bond donors (Lipinski definition) is 0. The average molecular weight is 305 g/mol. The summed E-state index contributed by atoms with van der Waals surface area (Å²) in [6, 6.07) is 1.70. The largest absolute Gasteiger partial charge is 0.351 e. The summed E-state index contributed by atoms with van der Waals surface area (Å²) in [5.41, 5.74) is 1.88. The van der Waals surface area contributed by atoms with Gasteiger partial charge >= 0.3 is 0 Å². The van der Waals surface area contributed by atoms with Crippen molar-refractivity contribution in [2.24, 2.45) is 0 Å². The molecule has 0 unspecified atom stereocenters. The van der Waals surface area contributed by atoms with Gasteiger partial charge in [-0.2, -0.15) is 0 Å². The van der Waals surface area contributed by atoms with Gasteiger partial charge in [0.2, 0.25) is 5.76 Å². The van der Waals surface area contributed by atoms with Crippen LogP contribution in [0.2, 0.25) is 0 Å². The number of piperidine rings is 1. The van der Waals surface area contributed by atoms with Crippen molar-refractivity contribution in [2.45, 2.75) is 39.0 Å². The molecule has 1 atom stereocenters. The van der Waals surface area contributed by atoms with Crippen LogP contribution in [-0.4, -0.2) is 34.0 Å². The molecule has 21 heavy (non-hydrogen) atoms. The highest BCUT2D eigenvalue weighted by molar-refractivity contribution is 7.09. The van der Waals surface area contributed by atoms with Crippen LogP contribution in [-0.2, 0) is 6.42 Å². The lowest BCUT2D eigenvalue weighted by Gasteiger charge is -2.31. The number of nitrogens with zero attached hydrogens (tertiary/aromatic N) is 3. The molecular formula is C15H19N3O2S. The quantitative estimate of drug-likeness (QED) is 0.874. The summed E-state index contributed by atoms with van der Waals surface area (Å²) in [6.45, 7) is 5.43. The molecule has 5 nitrogen and oxygen atoms in total. The molecule has 0 aliphatic carbocycles. The Morgan fingerprint density at radius 1 is 1.57 bits per heavy atom. The fourth-order valence-electron chi connectivity index (χ4n) is 2.66. The molecule has 0 spiro atoms. The number of carbonyl (C=O) groups excluding carboxylic acids is 1. The van der Waals surface area contributed by atoms with Gasteiger partial charge in [0.1, 0.15) is 0 Å². The van der Waals surface area contributed by atoms with Crippen molar-refractivity contribution >= 4 is 17.2 Å². The van der Waals surface area contributed by atoms with Crippen molar-refractivity contribution in [3.8, 4) is 0 Å². The van der Waals surface area contributed by atoms with Gasteiger partial charge < -0.3 is 9.42 Å². The molecular weight excluding hydrogens is 286 g/mol. The molecule has 0 N–H and O–H groups in total. The van der Waals surface area contributed by atoms with Gasteiger partial charge in [0, 0.05) is 30.5 Å². The minimum Gasteiger partial charge on any atom is -0.351 e. The van der Waals surface area contributed by atoms with E-state index >= 15 is 0 Å². The Balaban J connectivity index is 1.72. The Hall–Kier alpha value is -1.69. The van der Waals surface area contributed by atoms with Crippen LogP contribution < -0.4 is 0 Å². The average Bonchev–Trinajstić information content (AvgIpc) is 3.15. The first-order valence-corrected chi connectivity index (χ1v) is 8.22. The number of amides is 1. The number of likely N-dealkylation sites (tertiary alicyclic amines) is 1. The minimum absolute atomic E-state index is 0.0624. The first-order valence-electron chi connectivity index (χ1n) is 7.34. The second-order valence-electron chi connectivity index (χ2n) is 5.45. The molecule has 0 bridgehead atoms. The Labute approximate surface area is 128 Å². The van der Waals surface area contributed by atoms with E-state index in [1.807, 2.05) is 11.8 Å². The van der Waals surface area contributed by atoms with Crippen LogP contribution in [0.15, 0.2) is 16.0 Å². The van der Waals surface area contributed by atoms with Crippen LogP contribution in [0.1, 0.15) is 52.6 Å². The van der Waals surface area contributed by atoms with E-state index in [2.05, 4.69) is 22.4 Å². The first kappa shape index (κ1) is 14.3. The molecule has 2 aromatic heterocycles. The first-order chi connectivity index (χ1) is 10.2. The van der Waals surface area contributed by atoms with Crippen molar-refractivity contribution in [3.63, 3.8) is 0 Å². The molecule has 112 valence electrons. The zero-order valence-electron chi connectivity index (χ0n) is 12.3. The summed E-state index contributed by atoms with van der Waals surface area (Å²) in [6.07, 6.45) is 3.06. The van der Waals surface area contributed by atoms with Crippen molar-refractivity contribution in [2.75, 3.05) is 13.1 Å². The maximum atomic E-state index is 12.4. The number of carbonyl (C=O) groups is 1. The fourth-order valence-corrected chi connectivity index (χ4v) is 3.69. The van der Waals surface area contributed by atoms with Crippen molar-refractivity contribution < 1.29 is 9.32 Å². The van der Waals surface area contributed by atoms with Crippen molar-refractivity contribution in [1.29, 1.82) is 0 Å². The molecule has 6 heteroatoms. The summed E-state index contributed by atoms with van der Waals surface area (Å²) in [5.74, 6) is 0.617. The normalized spacial score (nSPS) is 19.0. The smallest absolute Gasteiger partial charge is 0.292 e.